The highest BCUT2D eigenvalue weighted by atomic mass is 35.5. The van der Waals surface area contributed by atoms with Gasteiger partial charge in [-0.05, 0) is 24.3 Å². The number of carbonyl (C=O) groups excluding carboxylic acids is 1. The Morgan fingerprint density at radius 2 is 2.00 bits per heavy atom. The molecule has 0 bridgehead atoms. The molecule has 0 aromatic heterocycles. The summed E-state index contributed by atoms with van der Waals surface area (Å²) in [6, 6.07) is 10.5. The number of esters is 1. The summed E-state index contributed by atoms with van der Waals surface area (Å²) in [5.41, 5.74) is 6.51. The first-order valence-corrected chi connectivity index (χ1v) is 5.91. The molecule has 3 nitrogen and oxygen atoms in total. The zero-order chi connectivity index (χ0) is 13.8. The SMILES string of the molecule is Nc1ccc(C(=O)OCc2ccccc2F)cc1Cl. The van der Waals surface area contributed by atoms with Crippen LogP contribution in [0.25, 0.3) is 0 Å². The number of carbonyl (C=O) groups is 1. The van der Waals surface area contributed by atoms with Crippen LogP contribution in [0.2, 0.25) is 5.02 Å². The predicted molar refractivity (Wildman–Crippen MR) is 71.4 cm³/mol. The normalized spacial score (nSPS) is 10.2. The first-order chi connectivity index (χ1) is 9.08. The van der Waals surface area contributed by atoms with Gasteiger partial charge in [0.2, 0.25) is 0 Å². The van der Waals surface area contributed by atoms with Crippen molar-refractivity contribution < 1.29 is 13.9 Å². The average molecular weight is 280 g/mol. The van der Waals surface area contributed by atoms with Gasteiger partial charge in [0.05, 0.1) is 16.3 Å². The van der Waals surface area contributed by atoms with Crippen LogP contribution in [-0.4, -0.2) is 5.97 Å². The molecule has 0 aliphatic heterocycles. The number of halogens is 2. The lowest BCUT2D eigenvalue weighted by Gasteiger charge is -2.06. The van der Waals surface area contributed by atoms with Crippen molar-refractivity contribution in [3.63, 3.8) is 0 Å². The Kier molecular flexibility index (Phi) is 4.02. The molecule has 0 heterocycles. The van der Waals surface area contributed by atoms with Crippen LogP contribution in [0.3, 0.4) is 0 Å². The minimum atomic E-state index is -0.579. The van der Waals surface area contributed by atoms with E-state index in [1.54, 1.807) is 18.2 Å². The number of ether oxygens (including phenoxy) is 1. The molecule has 0 fully saturated rings. The highest BCUT2D eigenvalue weighted by molar-refractivity contribution is 6.33. The average Bonchev–Trinajstić information content (AvgIpc) is 2.40. The smallest absolute Gasteiger partial charge is 0.338 e. The van der Waals surface area contributed by atoms with Gasteiger partial charge in [-0.15, -0.1) is 0 Å². The van der Waals surface area contributed by atoms with Gasteiger partial charge in [-0.25, -0.2) is 9.18 Å². The molecule has 2 rings (SSSR count). The van der Waals surface area contributed by atoms with Crippen molar-refractivity contribution in [2.75, 3.05) is 5.73 Å². The van der Waals surface area contributed by atoms with E-state index in [4.69, 9.17) is 22.1 Å². The number of anilines is 1. The quantitative estimate of drug-likeness (QED) is 0.692. The van der Waals surface area contributed by atoms with Crippen molar-refractivity contribution >= 4 is 23.3 Å². The minimum absolute atomic E-state index is 0.131. The molecule has 98 valence electrons. The second-order valence-corrected chi connectivity index (χ2v) is 4.31. The van der Waals surface area contributed by atoms with Crippen molar-refractivity contribution in [1.82, 2.24) is 0 Å². The van der Waals surface area contributed by atoms with E-state index in [2.05, 4.69) is 0 Å². The van der Waals surface area contributed by atoms with Gasteiger partial charge >= 0.3 is 5.97 Å². The summed E-state index contributed by atoms with van der Waals surface area (Å²) in [7, 11) is 0. The summed E-state index contributed by atoms with van der Waals surface area (Å²) in [6.07, 6.45) is 0. The lowest BCUT2D eigenvalue weighted by atomic mass is 10.2. The summed E-state index contributed by atoms with van der Waals surface area (Å²) in [4.78, 5) is 11.7. The van der Waals surface area contributed by atoms with Crippen LogP contribution in [0.15, 0.2) is 42.5 Å². The van der Waals surface area contributed by atoms with Crippen LogP contribution in [-0.2, 0) is 11.3 Å². The Labute approximate surface area is 114 Å². The van der Waals surface area contributed by atoms with Gasteiger partial charge in [0.15, 0.2) is 0 Å². The monoisotopic (exact) mass is 279 g/mol. The fraction of sp³-hybridized carbons (Fsp3) is 0.0714. The molecule has 0 amide bonds. The Balaban J connectivity index is 2.05. The predicted octanol–water partition coefficient (Wildman–Crippen LogP) is 3.42. The van der Waals surface area contributed by atoms with Crippen molar-refractivity contribution in [1.29, 1.82) is 0 Å². The van der Waals surface area contributed by atoms with Gasteiger partial charge in [-0.2, -0.15) is 0 Å². The molecule has 0 radical (unpaired) electrons. The maximum Gasteiger partial charge on any atom is 0.338 e. The zero-order valence-electron chi connectivity index (χ0n) is 9.90. The molecule has 2 N–H and O–H groups in total. The number of nitrogen functional groups attached to an aromatic ring is 1. The van der Waals surface area contributed by atoms with E-state index in [-0.39, 0.29) is 17.2 Å². The van der Waals surface area contributed by atoms with E-state index in [1.165, 1.54) is 24.3 Å². The number of nitrogens with two attached hydrogens (primary N) is 1. The van der Waals surface area contributed by atoms with Gasteiger partial charge in [-0.3, -0.25) is 0 Å². The molecule has 0 atom stereocenters. The maximum atomic E-state index is 13.3. The second kappa shape index (κ2) is 5.71. The summed E-state index contributed by atoms with van der Waals surface area (Å²) >= 11 is 5.81. The largest absolute Gasteiger partial charge is 0.457 e. The van der Waals surface area contributed by atoms with E-state index in [0.29, 0.717) is 11.3 Å². The highest BCUT2D eigenvalue weighted by Crippen LogP contribution is 2.20. The Bertz CT molecular complexity index is 616. The fourth-order valence-electron chi connectivity index (χ4n) is 1.50. The van der Waals surface area contributed by atoms with E-state index in [0.717, 1.165) is 0 Å². The van der Waals surface area contributed by atoms with Crippen LogP contribution in [0.4, 0.5) is 10.1 Å². The third-order valence-corrected chi connectivity index (χ3v) is 2.88. The molecule has 2 aromatic rings. The van der Waals surface area contributed by atoms with Crippen LogP contribution >= 0.6 is 11.6 Å². The van der Waals surface area contributed by atoms with Gasteiger partial charge < -0.3 is 10.5 Å². The topological polar surface area (TPSA) is 52.3 Å². The van der Waals surface area contributed by atoms with Gasteiger partial charge in [0.1, 0.15) is 12.4 Å². The Hall–Kier alpha value is -2.07. The fourth-order valence-corrected chi connectivity index (χ4v) is 1.68. The van der Waals surface area contributed by atoms with Crippen molar-refractivity contribution in [2.24, 2.45) is 0 Å². The molecule has 19 heavy (non-hydrogen) atoms. The van der Waals surface area contributed by atoms with Crippen molar-refractivity contribution in [3.8, 4) is 0 Å². The van der Waals surface area contributed by atoms with E-state index in [1.807, 2.05) is 0 Å². The van der Waals surface area contributed by atoms with Crippen LogP contribution in [0.1, 0.15) is 15.9 Å². The number of hydrogen-bond donors (Lipinski definition) is 1. The molecule has 0 saturated carbocycles. The molecule has 0 aliphatic rings. The van der Waals surface area contributed by atoms with E-state index in [9.17, 15) is 9.18 Å². The summed E-state index contributed by atoms with van der Waals surface area (Å²) < 4.78 is 18.3. The van der Waals surface area contributed by atoms with E-state index >= 15 is 0 Å². The summed E-state index contributed by atoms with van der Waals surface area (Å²) in [5.74, 6) is -0.990. The minimum Gasteiger partial charge on any atom is -0.457 e. The lowest BCUT2D eigenvalue weighted by molar-refractivity contribution is 0.0469. The second-order valence-electron chi connectivity index (χ2n) is 3.90. The first kappa shape index (κ1) is 13.4. The van der Waals surface area contributed by atoms with Gasteiger partial charge in [0.25, 0.3) is 0 Å². The van der Waals surface area contributed by atoms with Gasteiger partial charge in [0, 0.05) is 5.56 Å². The first-order valence-electron chi connectivity index (χ1n) is 5.53. The molecule has 0 aliphatic carbocycles. The molecular weight excluding hydrogens is 269 g/mol. The number of benzene rings is 2. The zero-order valence-corrected chi connectivity index (χ0v) is 10.7. The summed E-state index contributed by atoms with van der Waals surface area (Å²) in [6.45, 7) is -0.131. The third-order valence-electron chi connectivity index (χ3n) is 2.55. The van der Waals surface area contributed by atoms with Crippen LogP contribution < -0.4 is 5.73 Å². The molecule has 0 saturated heterocycles. The van der Waals surface area contributed by atoms with Crippen LogP contribution in [0, 0.1) is 5.82 Å². The molecule has 5 heteroatoms. The number of rotatable bonds is 3. The van der Waals surface area contributed by atoms with Crippen molar-refractivity contribution in [2.45, 2.75) is 6.61 Å². The molecule has 0 unspecified atom stereocenters. The number of hydrogen-bond acceptors (Lipinski definition) is 3. The maximum absolute atomic E-state index is 13.3. The third kappa shape index (κ3) is 3.23. The van der Waals surface area contributed by atoms with E-state index < -0.39 is 11.8 Å². The highest BCUT2D eigenvalue weighted by Gasteiger charge is 2.10. The standard InChI is InChI=1S/C14H11ClFNO2/c15-11-7-9(5-6-13(11)17)14(18)19-8-10-3-1-2-4-12(10)16/h1-7H,8,17H2. The molecule has 2 aromatic carbocycles. The lowest BCUT2D eigenvalue weighted by Crippen LogP contribution is -2.06. The Morgan fingerprint density at radius 1 is 1.26 bits per heavy atom. The molecular formula is C14H11ClFNO2. The van der Waals surface area contributed by atoms with Gasteiger partial charge in [-0.1, -0.05) is 29.8 Å². The molecule has 0 spiro atoms. The Morgan fingerprint density at radius 3 is 2.68 bits per heavy atom. The van der Waals surface area contributed by atoms with Crippen molar-refractivity contribution in [3.05, 3.63) is 64.4 Å². The van der Waals surface area contributed by atoms with Crippen LogP contribution in [0.5, 0.6) is 0 Å². The summed E-state index contributed by atoms with van der Waals surface area (Å²) in [5, 5.41) is 0.278.